The molecule has 6 heteroatoms. The highest BCUT2D eigenvalue weighted by Gasteiger charge is 2.33. The van der Waals surface area contributed by atoms with Crippen molar-refractivity contribution >= 4 is 5.91 Å². The Morgan fingerprint density at radius 1 is 1.35 bits per heavy atom. The van der Waals surface area contributed by atoms with Gasteiger partial charge in [0.1, 0.15) is 0 Å². The number of hydrogen-bond donors (Lipinski definition) is 2. The van der Waals surface area contributed by atoms with Gasteiger partial charge in [-0.25, -0.2) is 0 Å². The van der Waals surface area contributed by atoms with E-state index >= 15 is 0 Å². The van der Waals surface area contributed by atoms with Crippen molar-refractivity contribution in [3.05, 3.63) is 35.4 Å². The summed E-state index contributed by atoms with van der Waals surface area (Å²) in [6.07, 6.45) is -2.85. The number of benzene rings is 1. The largest absolute Gasteiger partial charge is 0.416 e. The zero-order chi connectivity index (χ0) is 14.6. The van der Waals surface area contributed by atoms with Crippen LogP contribution in [0.3, 0.4) is 0 Å². The quantitative estimate of drug-likeness (QED) is 0.893. The molecule has 1 aromatic rings. The monoisotopic (exact) mass is 286 g/mol. The maximum absolute atomic E-state index is 12.8. The minimum Gasteiger partial charge on any atom is -0.352 e. The normalized spacial score (nSPS) is 19.6. The van der Waals surface area contributed by atoms with Crippen LogP contribution in [-0.4, -0.2) is 25.0 Å². The lowest BCUT2D eigenvalue weighted by Crippen LogP contribution is -2.46. The summed E-state index contributed by atoms with van der Waals surface area (Å²) >= 11 is 0. The summed E-state index contributed by atoms with van der Waals surface area (Å²) in [6, 6.07) is 5.20. The molecule has 1 aliphatic heterocycles. The van der Waals surface area contributed by atoms with Crippen LogP contribution in [0.2, 0.25) is 0 Å². The molecule has 20 heavy (non-hydrogen) atoms. The maximum Gasteiger partial charge on any atom is 0.416 e. The third-order valence-corrected chi connectivity index (χ3v) is 3.34. The molecule has 1 atom stereocenters. The van der Waals surface area contributed by atoms with E-state index in [4.69, 9.17) is 0 Å². The molecule has 110 valence electrons. The van der Waals surface area contributed by atoms with Gasteiger partial charge >= 0.3 is 6.18 Å². The standard InChI is InChI=1S/C14H17F3N2O/c15-14(16,17)12-6-2-1-4-10(12)8-13(20)19-11-5-3-7-18-9-11/h1-2,4,6,11,18H,3,5,7-9H2,(H,19,20). The van der Waals surface area contributed by atoms with E-state index in [1.165, 1.54) is 18.2 Å². The zero-order valence-electron chi connectivity index (χ0n) is 11.0. The van der Waals surface area contributed by atoms with E-state index in [9.17, 15) is 18.0 Å². The SMILES string of the molecule is O=C(Cc1ccccc1C(F)(F)F)NC1CCCNC1. The van der Waals surface area contributed by atoms with E-state index in [2.05, 4.69) is 10.6 Å². The molecule has 2 N–H and O–H groups in total. The minimum absolute atomic E-state index is 0.00861. The summed E-state index contributed by atoms with van der Waals surface area (Å²) in [5, 5.41) is 5.92. The van der Waals surface area contributed by atoms with Gasteiger partial charge in [-0.15, -0.1) is 0 Å². The minimum atomic E-state index is -4.43. The first-order chi connectivity index (χ1) is 9.47. The number of carbonyl (C=O) groups is 1. The second-order valence-corrected chi connectivity index (χ2v) is 4.94. The van der Waals surface area contributed by atoms with E-state index in [-0.39, 0.29) is 23.9 Å². The molecule has 1 heterocycles. The number of rotatable bonds is 3. The molecular formula is C14H17F3N2O. The highest BCUT2D eigenvalue weighted by Crippen LogP contribution is 2.31. The number of halogens is 3. The molecule has 1 fully saturated rings. The van der Waals surface area contributed by atoms with Crippen molar-refractivity contribution in [2.75, 3.05) is 13.1 Å². The highest BCUT2D eigenvalue weighted by molar-refractivity contribution is 5.79. The predicted octanol–water partition coefficient (Wildman–Crippen LogP) is 2.12. The van der Waals surface area contributed by atoms with E-state index in [1.807, 2.05) is 0 Å². The van der Waals surface area contributed by atoms with Crippen molar-refractivity contribution in [1.29, 1.82) is 0 Å². The molecule has 0 aliphatic carbocycles. The third-order valence-electron chi connectivity index (χ3n) is 3.34. The first-order valence-corrected chi connectivity index (χ1v) is 6.62. The van der Waals surface area contributed by atoms with Gasteiger partial charge in [-0.3, -0.25) is 4.79 Å². The van der Waals surface area contributed by atoms with Crippen LogP contribution < -0.4 is 10.6 Å². The van der Waals surface area contributed by atoms with Crippen molar-refractivity contribution in [3.8, 4) is 0 Å². The highest BCUT2D eigenvalue weighted by atomic mass is 19.4. The first-order valence-electron chi connectivity index (χ1n) is 6.62. The Morgan fingerprint density at radius 3 is 2.75 bits per heavy atom. The van der Waals surface area contributed by atoms with E-state index in [0.29, 0.717) is 6.54 Å². The Balaban J connectivity index is 2.00. The molecule has 1 unspecified atom stereocenters. The van der Waals surface area contributed by atoms with Gasteiger partial charge in [0, 0.05) is 12.6 Å². The van der Waals surface area contributed by atoms with Gasteiger partial charge in [0.15, 0.2) is 0 Å². The van der Waals surface area contributed by atoms with Crippen molar-refractivity contribution in [1.82, 2.24) is 10.6 Å². The van der Waals surface area contributed by atoms with Crippen LogP contribution in [0.4, 0.5) is 13.2 Å². The Morgan fingerprint density at radius 2 is 2.10 bits per heavy atom. The fourth-order valence-corrected chi connectivity index (χ4v) is 2.38. The lowest BCUT2D eigenvalue weighted by molar-refractivity contribution is -0.138. The van der Waals surface area contributed by atoms with E-state index < -0.39 is 11.7 Å². The van der Waals surface area contributed by atoms with Crippen LogP contribution in [0.5, 0.6) is 0 Å². The molecule has 1 saturated heterocycles. The molecule has 0 bridgehead atoms. The molecule has 0 aromatic heterocycles. The lowest BCUT2D eigenvalue weighted by atomic mass is 10.0. The fraction of sp³-hybridized carbons (Fsp3) is 0.500. The summed E-state index contributed by atoms with van der Waals surface area (Å²) in [6.45, 7) is 1.59. The van der Waals surface area contributed by atoms with Crippen molar-refractivity contribution in [2.45, 2.75) is 31.5 Å². The third kappa shape index (κ3) is 3.96. The molecule has 0 saturated carbocycles. The number of nitrogens with one attached hydrogen (secondary N) is 2. The Kier molecular flexibility index (Phi) is 4.65. The molecule has 1 aromatic carbocycles. The van der Waals surface area contributed by atoms with Gasteiger partial charge in [0.2, 0.25) is 5.91 Å². The lowest BCUT2D eigenvalue weighted by Gasteiger charge is -2.24. The first kappa shape index (κ1) is 14.8. The van der Waals surface area contributed by atoms with Crippen molar-refractivity contribution in [3.63, 3.8) is 0 Å². The molecule has 3 nitrogen and oxygen atoms in total. The Bertz CT molecular complexity index is 468. The molecule has 1 aliphatic rings. The van der Waals surface area contributed by atoms with Gasteiger partial charge in [0.05, 0.1) is 12.0 Å². The summed E-state index contributed by atoms with van der Waals surface area (Å²) in [4.78, 5) is 11.9. The summed E-state index contributed by atoms with van der Waals surface area (Å²) in [5.74, 6) is -0.365. The summed E-state index contributed by atoms with van der Waals surface area (Å²) < 4.78 is 38.4. The molecule has 0 spiro atoms. The predicted molar refractivity (Wildman–Crippen MR) is 69.2 cm³/mol. The number of piperidine rings is 1. The number of alkyl halides is 3. The van der Waals surface area contributed by atoms with Gasteiger partial charge in [-0.05, 0) is 31.0 Å². The van der Waals surface area contributed by atoms with Crippen LogP contribution in [-0.2, 0) is 17.4 Å². The zero-order valence-corrected chi connectivity index (χ0v) is 11.0. The maximum atomic E-state index is 12.8. The topological polar surface area (TPSA) is 41.1 Å². The van der Waals surface area contributed by atoms with Crippen LogP contribution in [0.25, 0.3) is 0 Å². The smallest absolute Gasteiger partial charge is 0.352 e. The van der Waals surface area contributed by atoms with Crippen LogP contribution in [0.15, 0.2) is 24.3 Å². The van der Waals surface area contributed by atoms with Crippen molar-refractivity contribution in [2.24, 2.45) is 0 Å². The number of carbonyl (C=O) groups excluding carboxylic acids is 1. The molecule has 0 radical (unpaired) electrons. The fourth-order valence-electron chi connectivity index (χ4n) is 2.38. The average molecular weight is 286 g/mol. The Labute approximate surface area is 115 Å². The van der Waals surface area contributed by atoms with Crippen molar-refractivity contribution < 1.29 is 18.0 Å². The van der Waals surface area contributed by atoms with Crippen LogP contribution in [0, 0.1) is 0 Å². The van der Waals surface area contributed by atoms with E-state index in [0.717, 1.165) is 25.5 Å². The molecular weight excluding hydrogens is 269 g/mol. The molecule has 2 rings (SSSR count). The van der Waals surface area contributed by atoms with Gasteiger partial charge < -0.3 is 10.6 Å². The van der Waals surface area contributed by atoms with Gasteiger partial charge in [0.25, 0.3) is 0 Å². The number of hydrogen-bond acceptors (Lipinski definition) is 2. The van der Waals surface area contributed by atoms with E-state index in [1.54, 1.807) is 0 Å². The molecule has 1 amide bonds. The number of amides is 1. The summed E-state index contributed by atoms with van der Waals surface area (Å²) in [5.41, 5.74) is -0.724. The van der Waals surface area contributed by atoms with Gasteiger partial charge in [-0.2, -0.15) is 13.2 Å². The second-order valence-electron chi connectivity index (χ2n) is 4.94. The summed E-state index contributed by atoms with van der Waals surface area (Å²) in [7, 11) is 0. The second kappa shape index (κ2) is 6.26. The van der Waals surface area contributed by atoms with Crippen LogP contribution in [0.1, 0.15) is 24.0 Å². The van der Waals surface area contributed by atoms with Crippen LogP contribution >= 0.6 is 0 Å². The van der Waals surface area contributed by atoms with Gasteiger partial charge in [-0.1, -0.05) is 18.2 Å². The average Bonchev–Trinajstić information content (AvgIpc) is 2.39. The Hall–Kier alpha value is -1.56.